The fraction of sp³-hybridized carbons (Fsp3) is 0.526. The van der Waals surface area contributed by atoms with E-state index in [1.54, 1.807) is 17.2 Å². The number of carbonyl (C=O) groups excluding carboxylic acids is 1. The molecule has 1 aliphatic heterocycles. The smallest absolute Gasteiger partial charge is 0.410 e. The number of nitro groups is 1. The lowest BCUT2D eigenvalue weighted by Crippen LogP contribution is -2.36. The van der Waals surface area contributed by atoms with Gasteiger partial charge in [-0.15, -0.1) is 0 Å². The van der Waals surface area contributed by atoms with E-state index in [2.05, 4.69) is 9.97 Å². The van der Waals surface area contributed by atoms with Crippen LogP contribution in [0.1, 0.15) is 27.2 Å². The fourth-order valence-corrected chi connectivity index (χ4v) is 3.24. The average Bonchev–Trinajstić information content (AvgIpc) is 3.08. The third-order valence-electron chi connectivity index (χ3n) is 4.58. The summed E-state index contributed by atoms with van der Waals surface area (Å²) in [5.41, 5.74) is 0.595. The Morgan fingerprint density at radius 1 is 1.39 bits per heavy atom. The number of nitro benzene ring substituents is 1. The van der Waals surface area contributed by atoms with Crippen LogP contribution in [0.25, 0.3) is 11.0 Å². The minimum atomic E-state index is -0.498. The predicted molar refractivity (Wildman–Crippen MR) is 105 cm³/mol. The summed E-state index contributed by atoms with van der Waals surface area (Å²) in [5.74, 6) is 1.00. The van der Waals surface area contributed by atoms with E-state index >= 15 is 0 Å². The molecule has 0 saturated carbocycles. The van der Waals surface area contributed by atoms with Crippen molar-refractivity contribution < 1.29 is 14.5 Å². The van der Waals surface area contributed by atoms with Gasteiger partial charge in [-0.2, -0.15) is 0 Å². The summed E-state index contributed by atoms with van der Waals surface area (Å²) >= 11 is 0. The standard InChI is InChI=1S/C19H25N5O4/c1-19(2,3)28-18(25)23-8-7-13(12-23)11-22(4)17-10-20-16-9-14(24(26)27)5-6-15(16)21-17/h5-6,9-10,13H,7-8,11-12H2,1-4H3/t13-/m1/s1. The number of carbonyl (C=O) groups is 1. The van der Waals surface area contributed by atoms with Gasteiger partial charge in [-0.05, 0) is 39.2 Å². The first kappa shape index (κ1) is 19.8. The fourth-order valence-electron chi connectivity index (χ4n) is 3.24. The summed E-state index contributed by atoms with van der Waals surface area (Å²) in [6.45, 7) is 7.64. The molecule has 28 heavy (non-hydrogen) atoms. The number of likely N-dealkylation sites (tertiary alicyclic amines) is 1. The zero-order valence-corrected chi connectivity index (χ0v) is 16.6. The Bertz CT molecular complexity index is 896. The first-order chi connectivity index (χ1) is 13.1. The van der Waals surface area contributed by atoms with Crippen molar-refractivity contribution in [1.82, 2.24) is 14.9 Å². The van der Waals surface area contributed by atoms with Crippen molar-refractivity contribution in [2.75, 3.05) is 31.6 Å². The second-order valence-electron chi connectivity index (χ2n) is 8.12. The monoisotopic (exact) mass is 387 g/mol. The van der Waals surface area contributed by atoms with E-state index in [9.17, 15) is 14.9 Å². The van der Waals surface area contributed by atoms with Crippen LogP contribution in [0.15, 0.2) is 24.4 Å². The Hall–Kier alpha value is -2.97. The molecule has 0 spiro atoms. The second-order valence-corrected chi connectivity index (χ2v) is 8.12. The Kier molecular flexibility index (Phi) is 5.35. The first-order valence-corrected chi connectivity index (χ1v) is 9.22. The Labute approximate surface area is 163 Å². The predicted octanol–water partition coefficient (Wildman–Crippen LogP) is 3.23. The molecule has 150 valence electrons. The van der Waals surface area contributed by atoms with Gasteiger partial charge in [0.25, 0.3) is 5.69 Å². The van der Waals surface area contributed by atoms with E-state index in [1.165, 1.54) is 12.1 Å². The van der Waals surface area contributed by atoms with E-state index in [-0.39, 0.29) is 11.8 Å². The SMILES string of the molecule is CN(C[C@H]1CCN(C(=O)OC(C)(C)C)C1)c1cnc2cc([N+](=O)[O-])ccc2n1. The summed E-state index contributed by atoms with van der Waals surface area (Å²) < 4.78 is 5.44. The number of ether oxygens (including phenoxy) is 1. The molecule has 0 radical (unpaired) electrons. The lowest BCUT2D eigenvalue weighted by Gasteiger charge is -2.25. The van der Waals surface area contributed by atoms with Gasteiger partial charge in [0, 0.05) is 38.8 Å². The highest BCUT2D eigenvalue weighted by Crippen LogP contribution is 2.23. The molecule has 9 nitrogen and oxygen atoms in total. The molecule has 1 fully saturated rings. The number of non-ortho nitro benzene ring substituents is 1. The topological polar surface area (TPSA) is 102 Å². The van der Waals surface area contributed by atoms with Gasteiger partial charge >= 0.3 is 6.09 Å². The molecular formula is C19H25N5O4. The second kappa shape index (κ2) is 7.57. The molecule has 0 bridgehead atoms. The van der Waals surface area contributed by atoms with Crippen LogP contribution in [0.4, 0.5) is 16.3 Å². The molecular weight excluding hydrogens is 362 g/mol. The number of hydrogen-bond donors (Lipinski definition) is 0. The van der Waals surface area contributed by atoms with E-state index in [0.29, 0.717) is 35.9 Å². The summed E-state index contributed by atoms with van der Waals surface area (Å²) in [5, 5.41) is 10.9. The van der Waals surface area contributed by atoms with Gasteiger partial charge in [0.15, 0.2) is 0 Å². The summed E-state index contributed by atoms with van der Waals surface area (Å²) in [7, 11) is 1.93. The average molecular weight is 387 g/mol. The highest BCUT2D eigenvalue weighted by atomic mass is 16.6. The van der Waals surface area contributed by atoms with Crippen molar-refractivity contribution in [2.24, 2.45) is 5.92 Å². The number of fused-ring (bicyclic) bond motifs is 1. The molecule has 1 saturated heterocycles. The van der Waals surface area contributed by atoms with Crippen LogP contribution in [0.3, 0.4) is 0 Å². The normalized spacial score (nSPS) is 17.0. The van der Waals surface area contributed by atoms with Crippen molar-refractivity contribution >= 4 is 28.6 Å². The molecule has 1 amide bonds. The first-order valence-electron chi connectivity index (χ1n) is 9.22. The van der Waals surface area contributed by atoms with Crippen LogP contribution < -0.4 is 4.90 Å². The van der Waals surface area contributed by atoms with Crippen molar-refractivity contribution in [3.05, 3.63) is 34.5 Å². The molecule has 0 N–H and O–H groups in total. The van der Waals surface area contributed by atoms with Crippen molar-refractivity contribution in [2.45, 2.75) is 32.8 Å². The maximum atomic E-state index is 12.2. The number of anilines is 1. The van der Waals surface area contributed by atoms with Crippen LogP contribution >= 0.6 is 0 Å². The lowest BCUT2D eigenvalue weighted by atomic mass is 10.1. The summed E-state index contributed by atoms with van der Waals surface area (Å²) in [4.78, 5) is 35.2. The van der Waals surface area contributed by atoms with Gasteiger partial charge in [0.2, 0.25) is 0 Å². The Balaban J connectivity index is 1.63. The molecule has 0 unspecified atom stereocenters. The van der Waals surface area contributed by atoms with Crippen LogP contribution in [0.2, 0.25) is 0 Å². The van der Waals surface area contributed by atoms with E-state index in [4.69, 9.17) is 4.74 Å². The maximum absolute atomic E-state index is 12.2. The van der Waals surface area contributed by atoms with Gasteiger partial charge in [-0.25, -0.2) is 9.78 Å². The minimum Gasteiger partial charge on any atom is -0.444 e. The van der Waals surface area contributed by atoms with Crippen LogP contribution in [0.5, 0.6) is 0 Å². The number of hydrogen-bond acceptors (Lipinski definition) is 7. The minimum absolute atomic E-state index is 0.00362. The highest BCUT2D eigenvalue weighted by molar-refractivity contribution is 5.78. The zero-order valence-electron chi connectivity index (χ0n) is 16.6. The molecule has 2 aromatic rings. The quantitative estimate of drug-likeness (QED) is 0.586. The molecule has 1 aliphatic rings. The highest BCUT2D eigenvalue weighted by Gasteiger charge is 2.30. The van der Waals surface area contributed by atoms with Crippen LogP contribution in [-0.4, -0.2) is 58.2 Å². The number of benzene rings is 1. The van der Waals surface area contributed by atoms with Crippen molar-refractivity contribution in [3.8, 4) is 0 Å². The molecule has 1 aromatic heterocycles. The Morgan fingerprint density at radius 2 is 2.14 bits per heavy atom. The lowest BCUT2D eigenvalue weighted by molar-refractivity contribution is -0.384. The molecule has 0 aliphatic carbocycles. The zero-order chi connectivity index (χ0) is 20.5. The number of amides is 1. The van der Waals surface area contributed by atoms with E-state index < -0.39 is 10.5 Å². The molecule has 3 rings (SSSR count). The molecule has 2 heterocycles. The van der Waals surface area contributed by atoms with Crippen LogP contribution in [0, 0.1) is 16.0 Å². The largest absolute Gasteiger partial charge is 0.444 e. The van der Waals surface area contributed by atoms with Gasteiger partial charge < -0.3 is 14.5 Å². The molecule has 9 heteroatoms. The van der Waals surface area contributed by atoms with Gasteiger partial charge in [-0.1, -0.05) is 0 Å². The molecule has 1 atom stereocenters. The van der Waals surface area contributed by atoms with Gasteiger partial charge in [-0.3, -0.25) is 15.1 Å². The number of nitrogens with zero attached hydrogens (tertiary/aromatic N) is 5. The van der Waals surface area contributed by atoms with Crippen molar-refractivity contribution in [1.29, 1.82) is 0 Å². The van der Waals surface area contributed by atoms with Crippen LogP contribution in [-0.2, 0) is 4.74 Å². The number of rotatable bonds is 4. The third-order valence-corrected chi connectivity index (χ3v) is 4.58. The molecule has 1 aromatic carbocycles. The van der Waals surface area contributed by atoms with Gasteiger partial charge in [0.1, 0.15) is 11.4 Å². The maximum Gasteiger partial charge on any atom is 0.410 e. The number of aromatic nitrogens is 2. The van der Waals surface area contributed by atoms with Crippen molar-refractivity contribution in [3.63, 3.8) is 0 Å². The third kappa shape index (κ3) is 4.65. The Morgan fingerprint density at radius 3 is 2.82 bits per heavy atom. The summed E-state index contributed by atoms with van der Waals surface area (Å²) in [6, 6.07) is 4.45. The summed E-state index contributed by atoms with van der Waals surface area (Å²) in [6.07, 6.45) is 2.24. The van der Waals surface area contributed by atoms with E-state index in [0.717, 1.165) is 13.0 Å². The van der Waals surface area contributed by atoms with E-state index in [1.807, 2.05) is 32.7 Å². The van der Waals surface area contributed by atoms with Gasteiger partial charge in [0.05, 0.1) is 22.2 Å².